The second-order valence-corrected chi connectivity index (χ2v) is 5.22. The van der Waals surface area contributed by atoms with E-state index in [9.17, 15) is 9.59 Å². The van der Waals surface area contributed by atoms with Crippen LogP contribution in [0, 0.1) is 6.92 Å². The summed E-state index contributed by atoms with van der Waals surface area (Å²) in [7, 11) is 0. The molecule has 0 aliphatic carbocycles. The van der Waals surface area contributed by atoms with Crippen LogP contribution in [0.15, 0.2) is 42.5 Å². The first-order valence-electron chi connectivity index (χ1n) is 7.26. The van der Waals surface area contributed by atoms with Gasteiger partial charge in [0, 0.05) is 19.2 Å². The first-order chi connectivity index (χ1) is 10.4. The van der Waals surface area contributed by atoms with E-state index < -0.39 is 5.97 Å². The summed E-state index contributed by atoms with van der Waals surface area (Å²) in [6.07, 6.45) is 2.99. The Bertz CT molecular complexity index is 558. The standard InChI is InChI=1S/C18H23NO3/c1-5-19(12-14(2)3)17(20)13-22-18(21)11-10-16-8-6-15(4)7-9-16/h6-11H,2,5,12-13H2,1,3-4H3/b11-10+. The van der Waals surface area contributed by atoms with Crippen LogP contribution in [0.25, 0.3) is 6.08 Å². The van der Waals surface area contributed by atoms with Gasteiger partial charge in [-0.05, 0) is 32.4 Å². The zero-order valence-corrected chi connectivity index (χ0v) is 13.5. The Morgan fingerprint density at radius 1 is 1.27 bits per heavy atom. The van der Waals surface area contributed by atoms with Crippen molar-refractivity contribution in [3.05, 3.63) is 53.6 Å². The first kappa shape index (κ1) is 17.7. The topological polar surface area (TPSA) is 46.6 Å². The molecular formula is C18H23NO3. The Kier molecular flexibility index (Phi) is 7.09. The van der Waals surface area contributed by atoms with E-state index in [1.807, 2.05) is 45.0 Å². The molecule has 0 fully saturated rings. The number of nitrogens with zero attached hydrogens (tertiary/aromatic N) is 1. The Morgan fingerprint density at radius 2 is 1.91 bits per heavy atom. The fourth-order valence-corrected chi connectivity index (χ4v) is 1.82. The molecule has 1 rings (SSSR count). The third-order valence-electron chi connectivity index (χ3n) is 3.02. The SMILES string of the molecule is C=C(C)CN(CC)C(=O)COC(=O)/C=C/c1ccc(C)cc1. The number of carbonyl (C=O) groups is 2. The summed E-state index contributed by atoms with van der Waals surface area (Å²) >= 11 is 0. The van der Waals surface area contributed by atoms with Crippen LogP contribution in [0.1, 0.15) is 25.0 Å². The lowest BCUT2D eigenvalue weighted by Crippen LogP contribution is -2.35. The van der Waals surface area contributed by atoms with Crippen molar-refractivity contribution in [1.29, 1.82) is 0 Å². The molecule has 1 aromatic rings. The van der Waals surface area contributed by atoms with Crippen LogP contribution < -0.4 is 0 Å². The number of amides is 1. The van der Waals surface area contributed by atoms with Gasteiger partial charge in [-0.3, -0.25) is 4.79 Å². The number of benzene rings is 1. The average Bonchev–Trinajstić information content (AvgIpc) is 2.49. The van der Waals surface area contributed by atoms with Gasteiger partial charge in [0.25, 0.3) is 5.91 Å². The molecule has 22 heavy (non-hydrogen) atoms. The minimum atomic E-state index is -0.527. The van der Waals surface area contributed by atoms with Gasteiger partial charge < -0.3 is 9.64 Å². The lowest BCUT2D eigenvalue weighted by Gasteiger charge is -2.20. The molecule has 0 aliphatic heterocycles. The number of rotatable bonds is 7. The van der Waals surface area contributed by atoms with Gasteiger partial charge in [0.1, 0.15) is 0 Å². The molecule has 0 atom stereocenters. The molecule has 0 unspecified atom stereocenters. The molecule has 0 bridgehead atoms. The Labute approximate surface area is 132 Å². The molecule has 0 N–H and O–H groups in total. The van der Waals surface area contributed by atoms with E-state index in [-0.39, 0.29) is 12.5 Å². The van der Waals surface area contributed by atoms with E-state index in [0.29, 0.717) is 13.1 Å². The molecular weight excluding hydrogens is 278 g/mol. The van der Waals surface area contributed by atoms with Crippen LogP contribution in [0.2, 0.25) is 0 Å². The van der Waals surface area contributed by atoms with Crippen LogP contribution in [0.3, 0.4) is 0 Å². The number of hydrogen-bond donors (Lipinski definition) is 0. The summed E-state index contributed by atoms with van der Waals surface area (Å²) in [5, 5.41) is 0. The molecule has 0 saturated heterocycles. The summed E-state index contributed by atoms with van der Waals surface area (Å²) in [4.78, 5) is 25.1. The van der Waals surface area contributed by atoms with Gasteiger partial charge in [-0.25, -0.2) is 4.79 Å². The predicted octanol–water partition coefficient (Wildman–Crippen LogP) is 2.98. The van der Waals surface area contributed by atoms with Crippen molar-refractivity contribution in [3.8, 4) is 0 Å². The zero-order valence-electron chi connectivity index (χ0n) is 13.5. The van der Waals surface area contributed by atoms with Gasteiger partial charge in [-0.15, -0.1) is 0 Å². The molecule has 0 heterocycles. The van der Waals surface area contributed by atoms with Crippen LogP contribution in [-0.2, 0) is 14.3 Å². The Hall–Kier alpha value is -2.36. The number of hydrogen-bond acceptors (Lipinski definition) is 3. The Morgan fingerprint density at radius 3 is 2.45 bits per heavy atom. The highest BCUT2D eigenvalue weighted by Gasteiger charge is 2.13. The first-order valence-corrected chi connectivity index (χ1v) is 7.26. The van der Waals surface area contributed by atoms with Crippen LogP contribution in [-0.4, -0.2) is 36.5 Å². The molecule has 1 aromatic carbocycles. The van der Waals surface area contributed by atoms with Crippen LogP contribution >= 0.6 is 0 Å². The summed E-state index contributed by atoms with van der Waals surface area (Å²) in [5.41, 5.74) is 2.95. The third-order valence-corrected chi connectivity index (χ3v) is 3.02. The van der Waals surface area contributed by atoms with Crippen molar-refractivity contribution in [1.82, 2.24) is 4.90 Å². The van der Waals surface area contributed by atoms with Gasteiger partial charge in [-0.1, -0.05) is 42.0 Å². The van der Waals surface area contributed by atoms with Crippen molar-refractivity contribution in [2.45, 2.75) is 20.8 Å². The maximum atomic E-state index is 11.9. The number of likely N-dealkylation sites (N-methyl/N-ethyl adjacent to an activating group) is 1. The molecule has 0 saturated carbocycles. The highest BCUT2D eigenvalue weighted by molar-refractivity contribution is 5.89. The number of esters is 1. The molecule has 0 aliphatic rings. The summed E-state index contributed by atoms with van der Waals surface area (Å²) in [5.74, 6) is -0.747. The molecule has 1 amide bonds. The fraction of sp³-hybridized carbons (Fsp3) is 0.333. The highest BCUT2D eigenvalue weighted by Crippen LogP contribution is 2.05. The smallest absolute Gasteiger partial charge is 0.331 e. The summed E-state index contributed by atoms with van der Waals surface area (Å²) < 4.78 is 4.97. The minimum absolute atomic E-state index is 0.220. The zero-order chi connectivity index (χ0) is 16.5. The maximum absolute atomic E-state index is 11.9. The van der Waals surface area contributed by atoms with Crippen molar-refractivity contribution in [2.75, 3.05) is 19.7 Å². The third kappa shape index (κ3) is 6.39. The normalized spacial score (nSPS) is 10.5. The van der Waals surface area contributed by atoms with Crippen molar-refractivity contribution >= 4 is 18.0 Å². The molecule has 0 aromatic heterocycles. The molecule has 118 valence electrons. The maximum Gasteiger partial charge on any atom is 0.331 e. The van der Waals surface area contributed by atoms with E-state index >= 15 is 0 Å². The lowest BCUT2D eigenvalue weighted by molar-refractivity contribution is -0.147. The highest BCUT2D eigenvalue weighted by atomic mass is 16.5. The van der Waals surface area contributed by atoms with Crippen molar-refractivity contribution in [2.24, 2.45) is 0 Å². The molecule has 4 nitrogen and oxygen atoms in total. The van der Waals surface area contributed by atoms with E-state index in [1.165, 1.54) is 6.08 Å². The van der Waals surface area contributed by atoms with Crippen LogP contribution in [0.5, 0.6) is 0 Å². The largest absolute Gasteiger partial charge is 0.452 e. The van der Waals surface area contributed by atoms with Crippen molar-refractivity contribution < 1.29 is 14.3 Å². The van der Waals surface area contributed by atoms with Gasteiger partial charge in [0.15, 0.2) is 6.61 Å². The minimum Gasteiger partial charge on any atom is -0.452 e. The van der Waals surface area contributed by atoms with Crippen LogP contribution in [0.4, 0.5) is 0 Å². The van der Waals surface area contributed by atoms with E-state index in [4.69, 9.17) is 4.74 Å². The molecule has 4 heteroatoms. The average molecular weight is 301 g/mol. The van der Waals surface area contributed by atoms with E-state index in [1.54, 1.807) is 11.0 Å². The summed E-state index contributed by atoms with van der Waals surface area (Å²) in [6.45, 7) is 10.3. The molecule has 0 spiro atoms. The number of aryl methyl sites for hydroxylation is 1. The van der Waals surface area contributed by atoms with Gasteiger partial charge >= 0.3 is 5.97 Å². The van der Waals surface area contributed by atoms with Gasteiger partial charge in [0.2, 0.25) is 0 Å². The summed E-state index contributed by atoms with van der Waals surface area (Å²) in [6, 6.07) is 7.75. The second kappa shape index (κ2) is 8.82. The number of carbonyl (C=O) groups excluding carboxylic acids is 2. The Balaban J connectivity index is 2.46. The van der Waals surface area contributed by atoms with Crippen molar-refractivity contribution in [3.63, 3.8) is 0 Å². The van der Waals surface area contributed by atoms with Gasteiger partial charge in [0.05, 0.1) is 0 Å². The van der Waals surface area contributed by atoms with E-state index in [0.717, 1.165) is 16.7 Å². The number of ether oxygens (including phenoxy) is 1. The monoisotopic (exact) mass is 301 g/mol. The predicted molar refractivity (Wildman–Crippen MR) is 88.2 cm³/mol. The quantitative estimate of drug-likeness (QED) is 0.442. The lowest BCUT2D eigenvalue weighted by atomic mass is 10.1. The van der Waals surface area contributed by atoms with Gasteiger partial charge in [-0.2, -0.15) is 0 Å². The second-order valence-electron chi connectivity index (χ2n) is 5.22. The fourth-order valence-electron chi connectivity index (χ4n) is 1.82. The van der Waals surface area contributed by atoms with E-state index in [2.05, 4.69) is 6.58 Å². The molecule has 0 radical (unpaired) electrons.